The van der Waals surface area contributed by atoms with Crippen LogP contribution in [0.15, 0.2) is 117 Å². The number of guanidine groups is 4. The molecule has 4 saturated heterocycles. The minimum atomic E-state index is -0.830. The molecule has 12 amide bonds. The van der Waals surface area contributed by atoms with E-state index in [0.717, 1.165) is 0 Å². The molecule has 4 aliphatic heterocycles. The molecule has 4 fully saturated rings. The van der Waals surface area contributed by atoms with Gasteiger partial charge in [-0.1, -0.05) is 154 Å². The smallest absolute Gasteiger partial charge is 0.319 e. The molecular weight excluding hydrogens is 1980 g/mol. The number of hydrogen-bond donors (Lipinski definition) is 16. The Labute approximate surface area is 888 Å². The van der Waals surface area contributed by atoms with Crippen LogP contribution in [-0.2, 0) is 57.5 Å². The van der Waals surface area contributed by atoms with Gasteiger partial charge in [0.25, 0.3) is 0 Å². The fourth-order valence-electron chi connectivity index (χ4n) is 18.0. The lowest BCUT2D eigenvalue weighted by atomic mass is 9.89. The molecule has 0 aliphatic carbocycles. The second-order valence-electron chi connectivity index (χ2n) is 38.6. The highest BCUT2D eigenvalue weighted by atomic mass is 35.5. The fraction of sp³-hybridized carbons (Fsp3) is 0.577. The molecule has 0 saturated carbocycles. The maximum absolute atomic E-state index is 13.5. The van der Waals surface area contributed by atoms with Crippen LogP contribution in [0, 0.1) is 47.3 Å². The van der Waals surface area contributed by atoms with Gasteiger partial charge in [0.15, 0.2) is 47.0 Å². The lowest BCUT2D eigenvalue weighted by Crippen LogP contribution is -2.54. The van der Waals surface area contributed by atoms with E-state index in [4.69, 9.17) is 92.3 Å². The minimum Gasteiger partial charge on any atom is -0.370 e. The second-order valence-corrected chi connectivity index (χ2v) is 40.3. The Bertz CT molecular complexity index is 5070. The number of nitrogens with two attached hydrogens (primary N) is 8. The van der Waals surface area contributed by atoms with Gasteiger partial charge in [-0.25, -0.2) is 19.2 Å². The number of Topliss-reactive ketones (excluding diaryl/α,β-unsaturated/α-hetero) is 8. The molecule has 0 unspecified atom stereocenters. The van der Waals surface area contributed by atoms with E-state index in [1.807, 2.05) is 55.4 Å². The molecule has 148 heavy (non-hydrogen) atoms. The number of rotatable bonds is 52. The number of amides is 12. The molecule has 4 aliphatic rings. The van der Waals surface area contributed by atoms with E-state index < -0.39 is 96.1 Å². The molecule has 4 heterocycles. The van der Waals surface area contributed by atoms with Gasteiger partial charge in [-0.05, 0) is 199 Å². The van der Waals surface area contributed by atoms with Crippen LogP contribution in [0.5, 0.6) is 0 Å². The third kappa shape index (κ3) is 43.3. The summed E-state index contributed by atoms with van der Waals surface area (Å²) in [6.45, 7) is 25.0. The summed E-state index contributed by atoms with van der Waals surface area (Å²) in [5, 5.41) is 23.6. The minimum absolute atomic E-state index is 0.00638. The van der Waals surface area contributed by atoms with Gasteiger partial charge in [-0.2, -0.15) is 0 Å². The Morgan fingerprint density at radius 1 is 0.318 bits per heavy atom. The molecule has 40 nitrogen and oxygen atoms in total. The maximum Gasteiger partial charge on any atom is 0.319 e. The van der Waals surface area contributed by atoms with Crippen LogP contribution < -0.4 is 88.4 Å². The molecular formula is C104H156Cl4N24O16. The van der Waals surface area contributed by atoms with Gasteiger partial charge < -0.3 is 108 Å². The zero-order valence-corrected chi connectivity index (χ0v) is 90.4. The monoisotopic (exact) mass is 2140 g/mol. The number of nitrogens with zero attached hydrogens (tertiary/aromatic N) is 8. The topological polar surface area (TPSA) is 640 Å². The summed E-state index contributed by atoms with van der Waals surface area (Å²) in [6.07, 6.45) is 10.7. The Balaban J connectivity index is 0.000000347. The number of hydrogen-bond acceptors (Lipinski definition) is 20. The van der Waals surface area contributed by atoms with Gasteiger partial charge in [-0.3, -0.25) is 77.5 Å². The van der Waals surface area contributed by atoms with Gasteiger partial charge in [0.05, 0.1) is 34.9 Å². The first kappa shape index (κ1) is 126. The largest absolute Gasteiger partial charge is 0.370 e. The van der Waals surface area contributed by atoms with Crippen LogP contribution in [0.1, 0.15) is 237 Å². The van der Waals surface area contributed by atoms with E-state index in [9.17, 15) is 76.7 Å². The standard InChI is InChI=1S/4C26H39ClN6O4/c2*1-4-21(34)17(8-6-12-30-25(28)29)14-22(35)20-11-7-13-33(20)24(36)23(16(2)3)32-26(37)31-19-10-5-9-18(27)15-19;1-4-21(34)17(7-5-13-30-25(28)29)15-22(35)20-8-6-14-33(20)24(36)23(16(2)3)32-26(37)31-19-11-9-18(27)10-12-19;1-4-21(34)17(9-7-13-30-25(28)29)15-22(35)20-12-8-14-33(20)24(36)23(16(2)3)32-26(37)31-19-11-6-5-10-18(19)27/h2*5,9-10,15-17,20,23H,4,6-8,11-14H2,1-3H3,(H4,28,29,30)(H2,31,32,37);9-12,16-17,20,23H,4-8,13-15H2,1-3H3,(H4,28,29,30)(H2,31,32,37);5-6,10-11,16-17,20,23H,4,7-9,12-15H2,1-3H3,(H4,28,29,30)(H2,31,32,37)/t17-,20+,23+;17-,20-,23-;2*17-,20+,23+/m1011/s1. The van der Waals surface area contributed by atoms with Crippen molar-refractivity contribution < 1.29 is 76.7 Å². The summed E-state index contributed by atoms with van der Waals surface area (Å²) in [5.41, 5.74) is 44.8. The van der Waals surface area contributed by atoms with Crippen LogP contribution in [0.2, 0.25) is 20.1 Å². The van der Waals surface area contributed by atoms with Crippen molar-refractivity contribution in [2.24, 2.45) is 113 Å². The van der Waals surface area contributed by atoms with Crippen molar-refractivity contribution in [2.45, 2.75) is 286 Å². The van der Waals surface area contributed by atoms with Crippen molar-refractivity contribution in [1.82, 2.24) is 40.9 Å². The Morgan fingerprint density at radius 2 is 0.568 bits per heavy atom. The molecule has 12 atom stereocenters. The summed E-state index contributed by atoms with van der Waals surface area (Å²) < 4.78 is 0. The molecule has 44 heteroatoms. The van der Waals surface area contributed by atoms with E-state index in [1.54, 1.807) is 144 Å². The number of para-hydroxylation sites is 1. The zero-order chi connectivity index (χ0) is 110. The summed E-state index contributed by atoms with van der Waals surface area (Å²) in [6, 6.07) is 18.9. The molecule has 24 N–H and O–H groups in total. The van der Waals surface area contributed by atoms with E-state index >= 15 is 0 Å². The number of halogens is 4. The molecule has 816 valence electrons. The highest BCUT2D eigenvalue weighted by molar-refractivity contribution is 6.34. The molecule has 8 rings (SSSR count). The third-order valence-corrected chi connectivity index (χ3v) is 27.0. The van der Waals surface area contributed by atoms with E-state index in [0.29, 0.717) is 224 Å². The van der Waals surface area contributed by atoms with E-state index in [-0.39, 0.29) is 143 Å². The third-order valence-electron chi connectivity index (χ3n) is 25.9. The number of anilines is 4. The van der Waals surface area contributed by atoms with Gasteiger partial charge in [0.2, 0.25) is 23.6 Å². The average Bonchev–Trinajstić information content (AvgIpc) is 1.67. The van der Waals surface area contributed by atoms with Crippen LogP contribution in [0.25, 0.3) is 0 Å². The Morgan fingerprint density at radius 3 is 0.804 bits per heavy atom. The number of likely N-dealkylation sites (tertiary alicyclic amines) is 4. The number of urea groups is 4. The number of carbonyl (C=O) groups is 16. The quantitative estimate of drug-likeness (QED) is 0.0111. The first-order valence-electron chi connectivity index (χ1n) is 51.1. The number of carbonyl (C=O) groups excluding carboxylic acids is 16. The highest BCUT2D eigenvalue weighted by Gasteiger charge is 2.45. The van der Waals surface area contributed by atoms with Crippen LogP contribution in [0.3, 0.4) is 0 Å². The fourth-order valence-corrected chi connectivity index (χ4v) is 18.7. The highest BCUT2D eigenvalue weighted by Crippen LogP contribution is 2.33. The molecule has 0 radical (unpaired) electrons. The zero-order valence-electron chi connectivity index (χ0n) is 87.3. The molecule has 0 aromatic heterocycles. The number of ketones is 8. The van der Waals surface area contributed by atoms with Crippen LogP contribution >= 0.6 is 46.4 Å². The lowest BCUT2D eigenvalue weighted by molar-refractivity contribution is -0.140. The van der Waals surface area contributed by atoms with E-state index in [2.05, 4.69) is 62.5 Å². The average molecular weight is 2140 g/mol. The normalized spacial score (nSPS) is 16.7. The van der Waals surface area contributed by atoms with Gasteiger partial charge in [0.1, 0.15) is 47.3 Å². The number of benzene rings is 4. The molecule has 0 spiro atoms. The summed E-state index contributed by atoms with van der Waals surface area (Å²) in [5.74, 6) is -4.37. The van der Waals surface area contributed by atoms with Crippen molar-refractivity contribution in [1.29, 1.82) is 0 Å². The Kier molecular flexibility index (Phi) is 55.6. The van der Waals surface area contributed by atoms with Gasteiger partial charge in [-0.15, -0.1) is 0 Å². The maximum atomic E-state index is 13.5. The second kappa shape index (κ2) is 65.3. The predicted molar refractivity (Wildman–Crippen MR) is 581 cm³/mol. The van der Waals surface area contributed by atoms with Crippen molar-refractivity contribution in [3.05, 3.63) is 117 Å². The molecule has 4 aromatic carbocycles. The summed E-state index contributed by atoms with van der Waals surface area (Å²) in [4.78, 5) is 230. The SMILES string of the molecule is CCC(=O)[C@@H](CCCN=C(N)N)CC(=O)[C@@H]1CCCN1C(=O)[C@@H](NC(=O)Nc1cccc(Cl)c1)C(C)C.CCC(=O)[C@H](CCCN=C(N)N)CC(=O)[C@@H]1CCCN1C(=O)[C@@H](NC(=O)Nc1ccc(Cl)cc1)C(C)C.CCC(=O)[C@H](CCCN=C(N)N)CC(=O)[C@@H]1CCCN1C(=O)[C@@H](NC(=O)Nc1cccc(Cl)c1)C(C)C.CCC(=O)[C@H](CCCN=C(N)N)CC(=O)[C@@H]1CCCN1C(=O)[C@@H](NC(=O)Nc1ccccc1Cl)C(C)C. The first-order valence-corrected chi connectivity index (χ1v) is 52.6. The molecule has 4 aromatic rings. The van der Waals surface area contributed by atoms with Crippen molar-refractivity contribution >= 4 is 187 Å². The summed E-state index contributed by atoms with van der Waals surface area (Å²) >= 11 is 24.0. The molecule has 0 bridgehead atoms. The van der Waals surface area contributed by atoms with Crippen molar-refractivity contribution in [2.75, 3.05) is 73.6 Å². The number of nitrogens with one attached hydrogen (secondary N) is 8. The number of aliphatic imine (C=N–C) groups is 4. The Hall–Kier alpha value is -12.6. The van der Waals surface area contributed by atoms with E-state index in [1.165, 1.54) is 0 Å². The van der Waals surface area contributed by atoms with Gasteiger partial charge >= 0.3 is 24.1 Å². The first-order chi connectivity index (χ1) is 70.1. The van der Waals surface area contributed by atoms with Crippen molar-refractivity contribution in [3.8, 4) is 0 Å². The predicted octanol–water partition coefficient (Wildman–Crippen LogP) is 12.3. The van der Waals surface area contributed by atoms with Crippen LogP contribution in [0.4, 0.5) is 41.9 Å². The van der Waals surface area contributed by atoms with Crippen molar-refractivity contribution in [3.63, 3.8) is 0 Å². The lowest BCUT2D eigenvalue weighted by Gasteiger charge is -2.31. The summed E-state index contributed by atoms with van der Waals surface area (Å²) in [7, 11) is 0. The van der Waals surface area contributed by atoms with Gasteiger partial charge in [0, 0.05) is 160 Å². The van der Waals surface area contributed by atoms with Crippen LogP contribution in [-0.4, -0.2) is 238 Å².